The summed E-state index contributed by atoms with van der Waals surface area (Å²) >= 11 is 0. The van der Waals surface area contributed by atoms with Crippen LogP contribution in [0.1, 0.15) is 12.5 Å². The van der Waals surface area contributed by atoms with Crippen LogP contribution in [0.2, 0.25) is 0 Å². The van der Waals surface area contributed by atoms with Gasteiger partial charge < -0.3 is 4.74 Å². The molecule has 0 saturated carbocycles. The first-order chi connectivity index (χ1) is 8.65. The minimum absolute atomic E-state index is 0.334. The Labute approximate surface area is 110 Å². The average Bonchev–Trinajstić information content (AvgIpc) is 2.39. The Bertz CT molecular complexity index is 436. The van der Waals surface area contributed by atoms with Crippen molar-refractivity contribution in [2.75, 3.05) is 14.1 Å². The molecule has 2 unspecified atom stereocenters. The van der Waals surface area contributed by atoms with Crippen molar-refractivity contribution in [2.45, 2.75) is 19.3 Å². The van der Waals surface area contributed by atoms with E-state index in [0.717, 1.165) is 0 Å². The molecule has 0 radical (unpaired) electrons. The summed E-state index contributed by atoms with van der Waals surface area (Å²) < 4.78 is 6.22. The quantitative estimate of drug-likeness (QED) is 0.753. The summed E-state index contributed by atoms with van der Waals surface area (Å²) in [6.07, 6.45) is 8.47. The molecule has 1 aromatic rings. The zero-order valence-electron chi connectivity index (χ0n) is 11.3. The highest BCUT2D eigenvalue weighted by molar-refractivity contribution is 5.21. The molecule has 0 aromatic heterocycles. The Morgan fingerprint density at radius 3 is 2.50 bits per heavy atom. The van der Waals surface area contributed by atoms with E-state index < -0.39 is 0 Å². The average molecular weight is 243 g/mol. The van der Waals surface area contributed by atoms with Gasteiger partial charge in [0.05, 0.1) is 6.61 Å². The van der Waals surface area contributed by atoms with E-state index >= 15 is 0 Å². The molecule has 0 aliphatic heterocycles. The number of allylic oxidation sites excluding steroid dienone is 2. The van der Waals surface area contributed by atoms with Gasteiger partial charge >= 0.3 is 0 Å². The third-order valence-electron chi connectivity index (χ3n) is 3.51. The second-order valence-corrected chi connectivity index (χ2v) is 4.95. The molecular formula is C16H21NO. The van der Waals surface area contributed by atoms with Crippen LogP contribution < -0.4 is 0 Å². The lowest BCUT2D eigenvalue weighted by molar-refractivity contribution is -0.133. The third-order valence-corrected chi connectivity index (χ3v) is 3.51. The minimum Gasteiger partial charge on any atom is -0.351 e. The molecule has 0 bridgehead atoms. The molecule has 0 N–H and O–H groups in total. The van der Waals surface area contributed by atoms with Gasteiger partial charge in [0, 0.05) is 5.92 Å². The standard InChI is InChI=1S/C16H21NO/c1-14-9-7-8-12-16(14,17(2)3)18-13-15-10-5-4-6-11-15/h4-12,14H,13H2,1-3H3. The van der Waals surface area contributed by atoms with Crippen molar-refractivity contribution in [1.82, 2.24) is 4.90 Å². The lowest BCUT2D eigenvalue weighted by Gasteiger charge is -2.42. The van der Waals surface area contributed by atoms with Crippen LogP contribution in [-0.2, 0) is 11.3 Å². The van der Waals surface area contributed by atoms with Gasteiger partial charge in [0.2, 0.25) is 0 Å². The van der Waals surface area contributed by atoms with Gasteiger partial charge in [-0.1, -0.05) is 55.5 Å². The Balaban J connectivity index is 2.13. The third kappa shape index (κ3) is 2.55. The zero-order valence-corrected chi connectivity index (χ0v) is 11.3. The van der Waals surface area contributed by atoms with Crippen molar-refractivity contribution in [3.8, 4) is 0 Å². The highest BCUT2D eigenvalue weighted by atomic mass is 16.5. The highest BCUT2D eigenvalue weighted by Crippen LogP contribution is 2.31. The van der Waals surface area contributed by atoms with E-state index in [1.807, 2.05) is 18.2 Å². The molecule has 1 aromatic carbocycles. The molecule has 0 amide bonds. The van der Waals surface area contributed by atoms with Gasteiger partial charge in [-0.15, -0.1) is 0 Å². The number of likely N-dealkylation sites (N-methyl/N-ethyl adjacent to an activating group) is 1. The van der Waals surface area contributed by atoms with E-state index in [-0.39, 0.29) is 5.72 Å². The fourth-order valence-electron chi connectivity index (χ4n) is 2.35. The first-order valence-corrected chi connectivity index (χ1v) is 6.36. The van der Waals surface area contributed by atoms with Gasteiger partial charge in [-0.25, -0.2) is 0 Å². The number of benzene rings is 1. The van der Waals surface area contributed by atoms with Crippen LogP contribution in [0.3, 0.4) is 0 Å². The molecule has 0 heterocycles. The van der Waals surface area contributed by atoms with Crippen molar-refractivity contribution in [3.05, 3.63) is 60.2 Å². The summed E-state index contributed by atoms with van der Waals surface area (Å²) in [6.45, 7) is 2.81. The van der Waals surface area contributed by atoms with Crippen LogP contribution in [0.25, 0.3) is 0 Å². The summed E-state index contributed by atoms with van der Waals surface area (Å²) in [6, 6.07) is 10.3. The molecule has 2 nitrogen and oxygen atoms in total. The number of rotatable bonds is 4. The number of ether oxygens (including phenoxy) is 1. The highest BCUT2D eigenvalue weighted by Gasteiger charge is 2.36. The van der Waals surface area contributed by atoms with Gasteiger partial charge in [0.1, 0.15) is 5.72 Å². The Morgan fingerprint density at radius 2 is 1.89 bits per heavy atom. The van der Waals surface area contributed by atoms with E-state index in [1.54, 1.807) is 0 Å². The topological polar surface area (TPSA) is 12.5 Å². The van der Waals surface area contributed by atoms with Crippen LogP contribution in [0.5, 0.6) is 0 Å². The van der Waals surface area contributed by atoms with Crippen molar-refractivity contribution in [1.29, 1.82) is 0 Å². The molecule has 2 atom stereocenters. The molecule has 18 heavy (non-hydrogen) atoms. The van der Waals surface area contributed by atoms with Gasteiger partial charge in [0.15, 0.2) is 0 Å². The molecular weight excluding hydrogens is 222 g/mol. The van der Waals surface area contributed by atoms with Gasteiger partial charge in [-0.3, -0.25) is 4.90 Å². The SMILES string of the molecule is CC1C=CC=CC1(OCc1ccccc1)N(C)C. The fourth-order valence-corrected chi connectivity index (χ4v) is 2.35. The summed E-state index contributed by atoms with van der Waals surface area (Å²) in [5.74, 6) is 0.334. The Kier molecular flexibility index (Phi) is 4.00. The lowest BCUT2D eigenvalue weighted by Crippen LogP contribution is -2.50. The largest absolute Gasteiger partial charge is 0.351 e. The summed E-state index contributed by atoms with van der Waals surface area (Å²) in [5.41, 5.74) is 0.860. The summed E-state index contributed by atoms with van der Waals surface area (Å²) in [5, 5.41) is 0. The van der Waals surface area contributed by atoms with Crippen LogP contribution in [-0.4, -0.2) is 24.7 Å². The predicted molar refractivity (Wildman–Crippen MR) is 75.1 cm³/mol. The van der Waals surface area contributed by atoms with E-state index in [0.29, 0.717) is 12.5 Å². The van der Waals surface area contributed by atoms with Crippen molar-refractivity contribution in [3.63, 3.8) is 0 Å². The minimum atomic E-state index is -0.343. The maximum absolute atomic E-state index is 6.22. The van der Waals surface area contributed by atoms with Crippen molar-refractivity contribution < 1.29 is 4.74 Å². The van der Waals surface area contributed by atoms with Crippen LogP contribution >= 0.6 is 0 Å². The van der Waals surface area contributed by atoms with Crippen LogP contribution in [0.4, 0.5) is 0 Å². The van der Waals surface area contributed by atoms with Crippen LogP contribution in [0.15, 0.2) is 54.6 Å². The second kappa shape index (κ2) is 5.51. The monoisotopic (exact) mass is 243 g/mol. The van der Waals surface area contributed by atoms with Gasteiger partial charge in [-0.05, 0) is 25.7 Å². The van der Waals surface area contributed by atoms with Gasteiger partial charge in [0.25, 0.3) is 0 Å². The van der Waals surface area contributed by atoms with E-state index in [9.17, 15) is 0 Å². The fraction of sp³-hybridized carbons (Fsp3) is 0.375. The molecule has 0 saturated heterocycles. The maximum Gasteiger partial charge on any atom is 0.147 e. The molecule has 2 heteroatoms. The summed E-state index contributed by atoms with van der Waals surface area (Å²) in [7, 11) is 4.12. The van der Waals surface area contributed by atoms with E-state index in [2.05, 4.69) is 62.4 Å². The van der Waals surface area contributed by atoms with Crippen molar-refractivity contribution >= 4 is 0 Å². The lowest BCUT2D eigenvalue weighted by atomic mass is 9.91. The molecule has 2 rings (SSSR count). The first kappa shape index (κ1) is 13.1. The van der Waals surface area contributed by atoms with E-state index in [4.69, 9.17) is 4.74 Å². The van der Waals surface area contributed by atoms with Crippen molar-refractivity contribution in [2.24, 2.45) is 5.92 Å². The molecule has 0 spiro atoms. The van der Waals surface area contributed by atoms with Crippen LogP contribution in [0, 0.1) is 5.92 Å². The van der Waals surface area contributed by atoms with E-state index in [1.165, 1.54) is 5.56 Å². The number of nitrogens with zero attached hydrogens (tertiary/aromatic N) is 1. The molecule has 1 aliphatic carbocycles. The first-order valence-electron chi connectivity index (χ1n) is 6.36. The normalized spacial score (nSPS) is 26.8. The molecule has 96 valence electrons. The number of hydrogen-bond donors (Lipinski definition) is 0. The smallest absolute Gasteiger partial charge is 0.147 e. The zero-order chi connectivity index (χ0) is 13.0. The number of hydrogen-bond acceptors (Lipinski definition) is 2. The Hall–Kier alpha value is -1.38. The second-order valence-electron chi connectivity index (χ2n) is 4.95. The predicted octanol–water partition coefficient (Wildman–Crippen LogP) is 3.22. The maximum atomic E-state index is 6.22. The van der Waals surface area contributed by atoms with Gasteiger partial charge in [-0.2, -0.15) is 0 Å². The Morgan fingerprint density at radius 1 is 1.17 bits per heavy atom. The molecule has 1 aliphatic rings. The summed E-state index contributed by atoms with van der Waals surface area (Å²) in [4.78, 5) is 2.14. The molecule has 0 fully saturated rings.